The Kier molecular flexibility index (Phi) is 6.73. The maximum Gasteiger partial charge on any atom is 0.251 e. The summed E-state index contributed by atoms with van der Waals surface area (Å²) in [6.45, 7) is 4.09. The number of aryl methyl sites for hydroxylation is 1. The summed E-state index contributed by atoms with van der Waals surface area (Å²) in [5.41, 5.74) is 1.69. The highest BCUT2D eigenvalue weighted by atomic mass is 32.2. The number of hydrogen-bond donors (Lipinski definition) is 2. The summed E-state index contributed by atoms with van der Waals surface area (Å²) in [5.74, 6) is -0.200. The van der Waals surface area contributed by atoms with Gasteiger partial charge in [-0.1, -0.05) is 30.3 Å². The molecule has 0 fully saturated rings. The van der Waals surface area contributed by atoms with Crippen molar-refractivity contribution >= 4 is 15.9 Å². The van der Waals surface area contributed by atoms with Crippen molar-refractivity contribution in [2.75, 3.05) is 6.54 Å². The maximum atomic E-state index is 12.1. The Morgan fingerprint density at radius 1 is 1.00 bits per heavy atom. The van der Waals surface area contributed by atoms with E-state index in [1.165, 1.54) is 29.8 Å². The number of rotatable bonds is 8. The van der Waals surface area contributed by atoms with Crippen LogP contribution >= 0.6 is 0 Å². The van der Waals surface area contributed by atoms with Gasteiger partial charge in [0, 0.05) is 18.2 Å². The molecule has 0 aliphatic heterocycles. The molecule has 6 heteroatoms. The van der Waals surface area contributed by atoms with E-state index in [1.54, 1.807) is 13.8 Å². The number of nitrogens with one attached hydrogen (secondary N) is 2. The van der Waals surface area contributed by atoms with Crippen molar-refractivity contribution in [1.82, 2.24) is 10.0 Å². The third-order valence-corrected chi connectivity index (χ3v) is 5.26. The molecule has 0 aliphatic rings. The molecule has 0 unspecified atom stereocenters. The Morgan fingerprint density at radius 2 is 1.64 bits per heavy atom. The normalized spacial score (nSPS) is 11.5. The number of hydrogen-bond acceptors (Lipinski definition) is 3. The molecule has 0 heterocycles. The van der Waals surface area contributed by atoms with Crippen molar-refractivity contribution in [3.63, 3.8) is 0 Å². The smallest absolute Gasteiger partial charge is 0.251 e. The molecular weight excluding hydrogens is 336 g/mol. The van der Waals surface area contributed by atoms with Crippen molar-refractivity contribution in [2.45, 2.75) is 37.6 Å². The highest BCUT2D eigenvalue weighted by Gasteiger charge is 2.15. The Bertz CT molecular complexity index is 785. The van der Waals surface area contributed by atoms with Crippen LogP contribution in [0.5, 0.6) is 0 Å². The van der Waals surface area contributed by atoms with Crippen LogP contribution in [-0.2, 0) is 16.4 Å². The molecule has 0 saturated carbocycles. The van der Waals surface area contributed by atoms with E-state index in [4.69, 9.17) is 0 Å². The minimum Gasteiger partial charge on any atom is -0.352 e. The summed E-state index contributed by atoms with van der Waals surface area (Å²) in [4.78, 5) is 12.3. The van der Waals surface area contributed by atoms with Crippen LogP contribution in [0.25, 0.3) is 0 Å². The number of benzene rings is 2. The molecule has 0 aliphatic carbocycles. The van der Waals surface area contributed by atoms with Gasteiger partial charge < -0.3 is 5.32 Å². The van der Waals surface area contributed by atoms with Crippen molar-refractivity contribution in [2.24, 2.45) is 0 Å². The Labute approximate surface area is 149 Å². The van der Waals surface area contributed by atoms with E-state index in [0.717, 1.165) is 12.8 Å². The van der Waals surface area contributed by atoms with Gasteiger partial charge in [-0.3, -0.25) is 4.79 Å². The molecule has 0 saturated heterocycles. The topological polar surface area (TPSA) is 75.3 Å². The third kappa shape index (κ3) is 5.99. The zero-order valence-electron chi connectivity index (χ0n) is 14.5. The van der Waals surface area contributed by atoms with Gasteiger partial charge in [-0.15, -0.1) is 0 Å². The van der Waals surface area contributed by atoms with Gasteiger partial charge in [-0.25, -0.2) is 13.1 Å². The number of carbonyl (C=O) groups is 1. The van der Waals surface area contributed by atoms with E-state index in [0.29, 0.717) is 12.1 Å². The second-order valence-electron chi connectivity index (χ2n) is 6.15. The molecule has 0 radical (unpaired) electrons. The van der Waals surface area contributed by atoms with Crippen LogP contribution in [0, 0.1) is 0 Å². The van der Waals surface area contributed by atoms with E-state index in [1.807, 2.05) is 18.2 Å². The molecule has 2 N–H and O–H groups in total. The standard InChI is InChI=1S/C19H24N2O3S/c1-15(2)21-25(23,24)18-12-10-17(11-13-18)19(22)20-14-6-9-16-7-4-3-5-8-16/h3-5,7-8,10-13,15,21H,6,9,14H2,1-2H3,(H,20,22). The van der Waals surface area contributed by atoms with Crippen molar-refractivity contribution in [3.8, 4) is 0 Å². The maximum absolute atomic E-state index is 12.1. The van der Waals surface area contributed by atoms with Crippen LogP contribution in [0.4, 0.5) is 0 Å². The first kappa shape index (κ1) is 19.1. The van der Waals surface area contributed by atoms with Gasteiger partial charge in [0.2, 0.25) is 10.0 Å². The zero-order valence-corrected chi connectivity index (χ0v) is 15.3. The van der Waals surface area contributed by atoms with Crippen molar-refractivity contribution in [1.29, 1.82) is 0 Å². The fourth-order valence-corrected chi connectivity index (χ4v) is 3.66. The highest BCUT2D eigenvalue weighted by Crippen LogP contribution is 2.11. The van der Waals surface area contributed by atoms with Gasteiger partial charge in [0.15, 0.2) is 0 Å². The Balaban J connectivity index is 1.86. The average molecular weight is 360 g/mol. The zero-order chi connectivity index (χ0) is 18.3. The van der Waals surface area contributed by atoms with E-state index in [2.05, 4.69) is 22.2 Å². The summed E-state index contributed by atoms with van der Waals surface area (Å²) < 4.78 is 26.6. The monoisotopic (exact) mass is 360 g/mol. The van der Waals surface area contributed by atoms with Crippen molar-refractivity contribution < 1.29 is 13.2 Å². The summed E-state index contributed by atoms with van der Waals surface area (Å²) in [5, 5.41) is 2.86. The van der Waals surface area contributed by atoms with Crippen LogP contribution in [-0.4, -0.2) is 26.9 Å². The van der Waals surface area contributed by atoms with Crippen LogP contribution in [0.3, 0.4) is 0 Å². The Hall–Kier alpha value is -2.18. The Morgan fingerprint density at radius 3 is 2.24 bits per heavy atom. The van der Waals surface area contributed by atoms with Gasteiger partial charge in [0.25, 0.3) is 5.91 Å². The van der Waals surface area contributed by atoms with E-state index < -0.39 is 10.0 Å². The van der Waals surface area contributed by atoms with Crippen LogP contribution in [0.2, 0.25) is 0 Å². The van der Waals surface area contributed by atoms with Gasteiger partial charge in [-0.2, -0.15) is 0 Å². The molecule has 25 heavy (non-hydrogen) atoms. The predicted octanol–water partition coefficient (Wildman–Crippen LogP) is 2.74. The average Bonchev–Trinajstić information content (AvgIpc) is 2.58. The lowest BCUT2D eigenvalue weighted by Gasteiger charge is -2.10. The number of amides is 1. The fourth-order valence-electron chi connectivity index (χ4n) is 2.40. The van der Waals surface area contributed by atoms with E-state index >= 15 is 0 Å². The van der Waals surface area contributed by atoms with Gasteiger partial charge in [0.05, 0.1) is 4.90 Å². The summed E-state index contributed by atoms with van der Waals surface area (Å²) in [7, 11) is -3.54. The summed E-state index contributed by atoms with van der Waals surface area (Å²) in [6, 6.07) is 15.9. The van der Waals surface area contributed by atoms with Crippen LogP contribution < -0.4 is 10.0 Å². The molecule has 2 rings (SSSR count). The fraction of sp³-hybridized carbons (Fsp3) is 0.316. The quantitative estimate of drug-likeness (QED) is 0.711. The molecular formula is C19H24N2O3S. The molecule has 5 nitrogen and oxygen atoms in total. The number of carbonyl (C=O) groups excluding carboxylic acids is 1. The van der Waals surface area contributed by atoms with E-state index in [-0.39, 0.29) is 16.8 Å². The molecule has 0 bridgehead atoms. The number of sulfonamides is 1. The second-order valence-corrected chi connectivity index (χ2v) is 7.86. The minimum atomic E-state index is -3.54. The lowest BCUT2D eigenvalue weighted by Crippen LogP contribution is -2.30. The first-order valence-corrected chi connectivity index (χ1v) is 9.81. The van der Waals surface area contributed by atoms with Gasteiger partial charge in [-0.05, 0) is 56.5 Å². The third-order valence-electron chi connectivity index (χ3n) is 3.59. The molecule has 1 amide bonds. The first-order chi connectivity index (χ1) is 11.9. The summed E-state index contributed by atoms with van der Waals surface area (Å²) >= 11 is 0. The van der Waals surface area contributed by atoms with Crippen LogP contribution in [0.15, 0.2) is 59.5 Å². The predicted molar refractivity (Wildman–Crippen MR) is 99.0 cm³/mol. The minimum absolute atomic E-state index is 0.154. The molecule has 2 aromatic rings. The first-order valence-electron chi connectivity index (χ1n) is 8.33. The molecule has 0 atom stereocenters. The molecule has 0 aromatic heterocycles. The largest absolute Gasteiger partial charge is 0.352 e. The lowest BCUT2D eigenvalue weighted by molar-refractivity contribution is 0.0953. The van der Waals surface area contributed by atoms with Crippen molar-refractivity contribution in [3.05, 3.63) is 65.7 Å². The molecule has 134 valence electrons. The SMILES string of the molecule is CC(C)NS(=O)(=O)c1ccc(C(=O)NCCCc2ccccc2)cc1. The van der Waals surface area contributed by atoms with Crippen LogP contribution in [0.1, 0.15) is 36.2 Å². The molecule has 2 aromatic carbocycles. The summed E-state index contributed by atoms with van der Waals surface area (Å²) in [6.07, 6.45) is 1.75. The van der Waals surface area contributed by atoms with Gasteiger partial charge >= 0.3 is 0 Å². The van der Waals surface area contributed by atoms with Gasteiger partial charge in [0.1, 0.15) is 0 Å². The highest BCUT2D eigenvalue weighted by molar-refractivity contribution is 7.89. The second kappa shape index (κ2) is 8.78. The van der Waals surface area contributed by atoms with E-state index in [9.17, 15) is 13.2 Å². The lowest BCUT2D eigenvalue weighted by atomic mass is 10.1. The molecule has 0 spiro atoms.